The molecule has 0 unspecified atom stereocenters. The zero-order valence-corrected chi connectivity index (χ0v) is 14.6. The molecule has 2 bridgehead atoms. The molecule has 1 aromatic carbocycles. The highest BCUT2D eigenvalue weighted by Crippen LogP contribution is 2.20. The van der Waals surface area contributed by atoms with Gasteiger partial charge in [0.15, 0.2) is 0 Å². The van der Waals surface area contributed by atoms with Gasteiger partial charge in [0.25, 0.3) is 0 Å². The molecule has 0 spiro atoms. The number of aliphatic hydroxyl groups excluding tert-OH is 2. The monoisotopic (exact) mass is 356 g/mol. The van der Waals surface area contributed by atoms with Crippen LogP contribution in [0.4, 0.5) is 0 Å². The summed E-state index contributed by atoms with van der Waals surface area (Å²) in [7, 11) is 0. The highest BCUT2D eigenvalue weighted by atomic mass is 16.6. The summed E-state index contributed by atoms with van der Waals surface area (Å²) in [5, 5.41) is 19.1. The average Bonchev–Trinajstić information content (AvgIpc) is 2.64. The zero-order valence-electron chi connectivity index (χ0n) is 14.6. The number of rotatable bonds is 2. The van der Waals surface area contributed by atoms with Gasteiger partial charge in [-0.3, -0.25) is 0 Å². The molecule has 1 heterocycles. The van der Waals surface area contributed by atoms with Crippen molar-refractivity contribution < 1.29 is 33.9 Å². The van der Waals surface area contributed by atoms with Crippen molar-refractivity contribution >= 4 is 0 Å². The molecule has 2 N–H and O–H groups in total. The number of fused-ring (bicyclic) bond motifs is 2. The minimum atomic E-state index is -0.103. The number of hydrogen-bond donors (Lipinski definition) is 2. The molecule has 7 nitrogen and oxygen atoms in total. The average molecular weight is 356 g/mol. The van der Waals surface area contributed by atoms with E-state index in [0.29, 0.717) is 66.1 Å². The Morgan fingerprint density at radius 2 is 0.920 bits per heavy atom. The van der Waals surface area contributed by atoms with Crippen molar-refractivity contribution in [2.45, 2.75) is 26.4 Å². The quantitative estimate of drug-likeness (QED) is 0.809. The molecule has 1 aromatic rings. The van der Waals surface area contributed by atoms with Gasteiger partial charge in [-0.25, -0.2) is 0 Å². The first kappa shape index (κ1) is 20.3. The Balaban J connectivity index is 2.01. The maximum absolute atomic E-state index is 9.56. The number of hydrogen-bond acceptors (Lipinski definition) is 7. The van der Waals surface area contributed by atoms with E-state index in [-0.39, 0.29) is 13.2 Å². The summed E-state index contributed by atoms with van der Waals surface area (Å²) >= 11 is 0. The Kier molecular flexibility index (Phi) is 9.98. The van der Waals surface area contributed by atoms with Gasteiger partial charge in [-0.05, 0) is 22.3 Å². The lowest BCUT2D eigenvalue weighted by atomic mass is 9.99. The molecule has 0 amide bonds. The molecule has 0 fully saturated rings. The molecule has 0 aliphatic carbocycles. The van der Waals surface area contributed by atoms with E-state index >= 15 is 0 Å². The lowest BCUT2D eigenvalue weighted by Crippen LogP contribution is -2.14. The molecule has 142 valence electrons. The van der Waals surface area contributed by atoms with Crippen LogP contribution in [-0.2, 0) is 50.1 Å². The molecule has 0 atom stereocenters. The lowest BCUT2D eigenvalue weighted by molar-refractivity contribution is -0.0146. The lowest BCUT2D eigenvalue weighted by Gasteiger charge is -2.15. The predicted octanol–water partition coefficient (Wildman–Crippen LogP) is 0.768. The van der Waals surface area contributed by atoms with Gasteiger partial charge in [0.2, 0.25) is 0 Å². The molecule has 7 heteroatoms. The van der Waals surface area contributed by atoms with Gasteiger partial charge in [-0.2, -0.15) is 0 Å². The fourth-order valence-corrected chi connectivity index (χ4v) is 2.50. The van der Waals surface area contributed by atoms with Gasteiger partial charge in [-0.15, -0.1) is 0 Å². The van der Waals surface area contributed by atoms with E-state index in [0.717, 1.165) is 22.3 Å². The van der Waals surface area contributed by atoms with E-state index in [9.17, 15) is 10.2 Å². The van der Waals surface area contributed by atoms with E-state index in [2.05, 4.69) is 0 Å². The molecule has 1 aliphatic heterocycles. The summed E-state index contributed by atoms with van der Waals surface area (Å²) in [4.78, 5) is 0. The fraction of sp³-hybridized carbons (Fsp3) is 0.667. The van der Waals surface area contributed by atoms with Gasteiger partial charge in [-0.1, -0.05) is 12.1 Å². The van der Waals surface area contributed by atoms with Crippen molar-refractivity contribution in [3.05, 3.63) is 34.4 Å². The van der Waals surface area contributed by atoms with Crippen LogP contribution in [0.2, 0.25) is 0 Å². The third-order valence-corrected chi connectivity index (χ3v) is 3.87. The second-order valence-corrected chi connectivity index (χ2v) is 5.65. The summed E-state index contributed by atoms with van der Waals surface area (Å²) in [5.74, 6) is 0. The van der Waals surface area contributed by atoms with E-state index in [4.69, 9.17) is 23.7 Å². The maximum Gasteiger partial charge on any atom is 0.0721 e. The predicted molar refractivity (Wildman–Crippen MR) is 90.1 cm³/mol. The number of ether oxygens (including phenoxy) is 5. The first-order valence-corrected chi connectivity index (χ1v) is 8.59. The van der Waals surface area contributed by atoms with Crippen molar-refractivity contribution in [1.29, 1.82) is 0 Å². The Labute approximate surface area is 148 Å². The highest BCUT2D eigenvalue weighted by molar-refractivity contribution is 5.37. The zero-order chi connectivity index (χ0) is 17.7. The Morgan fingerprint density at radius 3 is 1.28 bits per heavy atom. The van der Waals surface area contributed by atoms with Crippen LogP contribution < -0.4 is 0 Å². The van der Waals surface area contributed by atoms with Crippen LogP contribution in [0.1, 0.15) is 22.3 Å². The second kappa shape index (κ2) is 12.3. The Hall–Kier alpha value is -1.06. The standard InChI is InChI=1S/C18H28O7/c19-11-15-9-16(12-20)18-10-17(15)13-24-7-5-22-3-1-21-2-4-23-6-8-25-14-18/h9-10,19-20H,1-8,11-14H2. The second-order valence-electron chi connectivity index (χ2n) is 5.65. The SMILES string of the molecule is OCc1cc(CO)c2cc1COCCOCCOCCOCCOC2. The van der Waals surface area contributed by atoms with Crippen LogP contribution in [0.15, 0.2) is 12.1 Å². The molecular formula is C18H28O7. The number of aliphatic hydroxyl groups is 2. The van der Waals surface area contributed by atoms with Crippen LogP contribution in [-0.4, -0.2) is 63.1 Å². The van der Waals surface area contributed by atoms with Crippen LogP contribution in [0.25, 0.3) is 0 Å². The first-order valence-electron chi connectivity index (χ1n) is 8.59. The van der Waals surface area contributed by atoms with Gasteiger partial charge in [0.1, 0.15) is 0 Å². The van der Waals surface area contributed by atoms with Crippen LogP contribution in [0.3, 0.4) is 0 Å². The largest absolute Gasteiger partial charge is 0.392 e. The third kappa shape index (κ3) is 7.37. The van der Waals surface area contributed by atoms with E-state index in [1.54, 1.807) is 6.07 Å². The van der Waals surface area contributed by atoms with Crippen molar-refractivity contribution in [3.63, 3.8) is 0 Å². The van der Waals surface area contributed by atoms with E-state index in [1.807, 2.05) is 6.07 Å². The third-order valence-electron chi connectivity index (χ3n) is 3.87. The summed E-state index contributed by atoms with van der Waals surface area (Å²) in [6, 6.07) is 3.73. The molecule has 0 radical (unpaired) electrons. The molecule has 0 aromatic heterocycles. The van der Waals surface area contributed by atoms with Gasteiger partial charge in [0, 0.05) is 0 Å². The summed E-state index contributed by atoms with van der Waals surface area (Å²) in [5.41, 5.74) is 3.28. The maximum atomic E-state index is 9.56. The van der Waals surface area contributed by atoms with Crippen LogP contribution >= 0.6 is 0 Å². The number of benzene rings is 1. The fourth-order valence-electron chi connectivity index (χ4n) is 2.50. The highest BCUT2D eigenvalue weighted by Gasteiger charge is 2.10. The Bertz CT molecular complexity index is 453. The molecule has 2 rings (SSSR count). The Morgan fingerprint density at radius 1 is 0.560 bits per heavy atom. The van der Waals surface area contributed by atoms with Crippen molar-refractivity contribution in [2.24, 2.45) is 0 Å². The smallest absolute Gasteiger partial charge is 0.0721 e. The first-order chi connectivity index (χ1) is 12.3. The minimum absolute atomic E-state index is 0.103. The van der Waals surface area contributed by atoms with Crippen molar-refractivity contribution in [3.8, 4) is 0 Å². The molecular weight excluding hydrogens is 328 g/mol. The van der Waals surface area contributed by atoms with Gasteiger partial charge in [0.05, 0.1) is 79.3 Å². The summed E-state index contributed by atoms with van der Waals surface area (Å²) in [6.07, 6.45) is 0. The minimum Gasteiger partial charge on any atom is -0.392 e. The molecule has 25 heavy (non-hydrogen) atoms. The summed E-state index contributed by atoms with van der Waals surface area (Å²) in [6.45, 7) is 4.52. The summed E-state index contributed by atoms with van der Waals surface area (Å²) < 4.78 is 27.5. The van der Waals surface area contributed by atoms with E-state index in [1.165, 1.54) is 0 Å². The topological polar surface area (TPSA) is 86.6 Å². The van der Waals surface area contributed by atoms with Gasteiger partial charge >= 0.3 is 0 Å². The normalized spacial score (nSPS) is 19.1. The van der Waals surface area contributed by atoms with Crippen molar-refractivity contribution in [2.75, 3.05) is 52.9 Å². The van der Waals surface area contributed by atoms with Crippen LogP contribution in [0.5, 0.6) is 0 Å². The molecule has 0 saturated carbocycles. The van der Waals surface area contributed by atoms with Crippen LogP contribution in [0, 0.1) is 0 Å². The molecule has 1 aliphatic rings. The van der Waals surface area contributed by atoms with Crippen molar-refractivity contribution in [1.82, 2.24) is 0 Å². The molecule has 0 saturated heterocycles. The van der Waals surface area contributed by atoms with Gasteiger partial charge < -0.3 is 33.9 Å². The van der Waals surface area contributed by atoms with E-state index < -0.39 is 0 Å².